The molecule has 0 heterocycles. The molecule has 0 saturated carbocycles. The molecule has 0 bridgehead atoms. The van der Waals surface area contributed by atoms with Crippen LogP contribution in [0.3, 0.4) is 0 Å². The second-order valence-corrected chi connectivity index (χ2v) is 4.21. The number of carbonyl (C=O) groups is 1. The molecule has 0 radical (unpaired) electrons. The number of carbonyl (C=O) groups excluding carboxylic acids is 1. The number of amides is 1. The number of phenols is 1. The molecule has 0 saturated heterocycles. The number of benzene rings is 2. The fourth-order valence-electron chi connectivity index (χ4n) is 1.67. The third-order valence-corrected chi connectivity index (χ3v) is 2.70. The Hall–Kier alpha value is -2.29. The normalized spacial score (nSPS) is 10.1. The molecule has 0 aliphatic rings. The van der Waals surface area contributed by atoms with Gasteiger partial charge < -0.3 is 10.4 Å². The molecule has 0 unspecified atom stereocenters. The van der Waals surface area contributed by atoms with Gasteiger partial charge in [-0.25, -0.2) is 0 Å². The predicted octanol–water partition coefficient (Wildman–Crippen LogP) is 2.88. The predicted molar refractivity (Wildman–Crippen MR) is 71.6 cm³/mol. The molecule has 0 aromatic heterocycles. The highest BCUT2D eigenvalue weighted by molar-refractivity contribution is 5.92. The summed E-state index contributed by atoms with van der Waals surface area (Å²) in [5.74, 6) is 0.0944. The average molecular weight is 241 g/mol. The Morgan fingerprint density at radius 3 is 2.56 bits per heavy atom. The molecule has 2 aromatic rings. The second kappa shape index (κ2) is 5.36. The minimum Gasteiger partial charge on any atom is -0.508 e. The fraction of sp³-hybridized carbons (Fsp3) is 0.133. The quantitative estimate of drug-likeness (QED) is 0.868. The summed E-state index contributed by atoms with van der Waals surface area (Å²) in [7, 11) is 0. The van der Waals surface area contributed by atoms with E-state index in [1.807, 2.05) is 37.3 Å². The second-order valence-electron chi connectivity index (χ2n) is 4.21. The van der Waals surface area contributed by atoms with Crippen molar-refractivity contribution in [3.63, 3.8) is 0 Å². The van der Waals surface area contributed by atoms with Crippen molar-refractivity contribution in [2.24, 2.45) is 0 Å². The van der Waals surface area contributed by atoms with Gasteiger partial charge in [-0.15, -0.1) is 0 Å². The monoisotopic (exact) mass is 241 g/mol. The van der Waals surface area contributed by atoms with Crippen LogP contribution >= 0.6 is 0 Å². The maximum absolute atomic E-state index is 11.8. The summed E-state index contributed by atoms with van der Waals surface area (Å²) in [6.45, 7) is 1.81. The van der Waals surface area contributed by atoms with Crippen LogP contribution in [0.5, 0.6) is 5.75 Å². The zero-order valence-corrected chi connectivity index (χ0v) is 10.2. The fourth-order valence-corrected chi connectivity index (χ4v) is 1.67. The van der Waals surface area contributed by atoms with Crippen LogP contribution in [-0.2, 0) is 11.2 Å². The molecule has 18 heavy (non-hydrogen) atoms. The molecule has 0 spiro atoms. The SMILES string of the molecule is Cc1ccc(NC(=O)Cc2ccccc2)cc1O. The van der Waals surface area contributed by atoms with Gasteiger partial charge in [0, 0.05) is 11.8 Å². The van der Waals surface area contributed by atoms with Crippen LogP contribution in [0.15, 0.2) is 48.5 Å². The molecule has 0 fully saturated rings. The van der Waals surface area contributed by atoms with E-state index in [9.17, 15) is 9.90 Å². The number of phenolic OH excluding ortho intramolecular Hbond substituents is 1. The van der Waals surface area contributed by atoms with E-state index in [1.165, 1.54) is 0 Å². The lowest BCUT2D eigenvalue weighted by Gasteiger charge is -2.07. The van der Waals surface area contributed by atoms with Gasteiger partial charge >= 0.3 is 0 Å². The first-order valence-corrected chi connectivity index (χ1v) is 5.78. The van der Waals surface area contributed by atoms with Crippen molar-refractivity contribution < 1.29 is 9.90 Å². The molecule has 2 rings (SSSR count). The third-order valence-electron chi connectivity index (χ3n) is 2.70. The van der Waals surface area contributed by atoms with Gasteiger partial charge in [-0.05, 0) is 24.1 Å². The number of aryl methyl sites for hydroxylation is 1. The summed E-state index contributed by atoms with van der Waals surface area (Å²) in [4.78, 5) is 11.8. The average Bonchev–Trinajstić information content (AvgIpc) is 2.35. The lowest BCUT2D eigenvalue weighted by atomic mass is 10.1. The largest absolute Gasteiger partial charge is 0.508 e. The van der Waals surface area contributed by atoms with E-state index >= 15 is 0 Å². The van der Waals surface area contributed by atoms with Crippen LogP contribution in [0.4, 0.5) is 5.69 Å². The van der Waals surface area contributed by atoms with Crippen LogP contribution in [0.2, 0.25) is 0 Å². The first kappa shape index (κ1) is 12.2. The molecule has 0 aliphatic heterocycles. The highest BCUT2D eigenvalue weighted by atomic mass is 16.3. The Morgan fingerprint density at radius 2 is 1.89 bits per heavy atom. The molecular weight excluding hydrogens is 226 g/mol. The van der Waals surface area contributed by atoms with Crippen molar-refractivity contribution >= 4 is 11.6 Å². The van der Waals surface area contributed by atoms with Gasteiger partial charge in [0.15, 0.2) is 0 Å². The van der Waals surface area contributed by atoms with Crippen molar-refractivity contribution in [3.05, 3.63) is 59.7 Å². The van der Waals surface area contributed by atoms with Crippen LogP contribution in [-0.4, -0.2) is 11.0 Å². The van der Waals surface area contributed by atoms with Crippen molar-refractivity contribution in [3.8, 4) is 5.75 Å². The molecule has 2 N–H and O–H groups in total. The van der Waals surface area contributed by atoms with Crippen molar-refractivity contribution in [1.82, 2.24) is 0 Å². The standard InChI is InChI=1S/C15H15NO2/c1-11-7-8-13(10-14(11)17)16-15(18)9-12-5-3-2-4-6-12/h2-8,10,17H,9H2,1H3,(H,16,18). The summed E-state index contributed by atoms with van der Waals surface area (Å²) in [5, 5.41) is 12.3. The van der Waals surface area contributed by atoms with Gasteiger partial charge in [0.2, 0.25) is 5.91 Å². The van der Waals surface area contributed by atoms with E-state index in [2.05, 4.69) is 5.32 Å². The zero-order valence-electron chi connectivity index (χ0n) is 10.2. The molecule has 0 aliphatic carbocycles. The third kappa shape index (κ3) is 3.10. The van der Waals surface area contributed by atoms with E-state index < -0.39 is 0 Å². The Bertz CT molecular complexity index is 550. The number of anilines is 1. The maximum atomic E-state index is 11.8. The van der Waals surface area contributed by atoms with Crippen molar-refractivity contribution in [1.29, 1.82) is 0 Å². The minimum absolute atomic E-state index is 0.0931. The lowest BCUT2D eigenvalue weighted by Crippen LogP contribution is -2.14. The van der Waals surface area contributed by atoms with E-state index in [0.717, 1.165) is 11.1 Å². The van der Waals surface area contributed by atoms with E-state index in [4.69, 9.17) is 0 Å². The molecule has 3 heteroatoms. The first-order chi connectivity index (χ1) is 8.65. The highest BCUT2D eigenvalue weighted by Crippen LogP contribution is 2.20. The zero-order chi connectivity index (χ0) is 13.0. The first-order valence-electron chi connectivity index (χ1n) is 5.78. The van der Waals surface area contributed by atoms with Crippen molar-refractivity contribution in [2.75, 3.05) is 5.32 Å². The van der Waals surface area contributed by atoms with E-state index in [0.29, 0.717) is 12.1 Å². The number of aromatic hydroxyl groups is 1. The van der Waals surface area contributed by atoms with Crippen molar-refractivity contribution in [2.45, 2.75) is 13.3 Å². The van der Waals surface area contributed by atoms with Gasteiger partial charge in [-0.3, -0.25) is 4.79 Å². The molecule has 1 amide bonds. The van der Waals surface area contributed by atoms with Gasteiger partial charge in [0.25, 0.3) is 0 Å². The van der Waals surface area contributed by atoms with Gasteiger partial charge in [0.1, 0.15) is 5.75 Å². The Morgan fingerprint density at radius 1 is 1.17 bits per heavy atom. The molecule has 0 atom stereocenters. The Labute approximate surface area is 106 Å². The maximum Gasteiger partial charge on any atom is 0.228 e. The number of rotatable bonds is 3. The Balaban J connectivity index is 2.01. The van der Waals surface area contributed by atoms with Gasteiger partial charge in [-0.2, -0.15) is 0 Å². The smallest absolute Gasteiger partial charge is 0.228 e. The topological polar surface area (TPSA) is 49.3 Å². The number of hydrogen-bond donors (Lipinski definition) is 2. The molecule has 92 valence electrons. The highest BCUT2D eigenvalue weighted by Gasteiger charge is 2.05. The Kier molecular flexibility index (Phi) is 3.63. The van der Waals surface area contributed by atoms with Gasteiger partial charge in [0.05, 0.1) is 6.42 Å². The summed E-state index contributed by atoms with van der Waals surface area (Å²) >= 11 is 0. The van der Waals surface area contributed by atoms with Crippen LogP contribution in [0.1, 0.15) is 11.1 Å². The number of hydrogen-bond acceptors (Lipinski definition) is 2. The summed E-state index contributed by atoms with van der Waals surface area (Å²) in [6, 6.07) is 14.6. The van der Waals surface area contributed by atoms with E-state index in [-0.39, 0.29) is 11.7 Å². The van der Waals surface area contributed by atoms with Gasteiger partial charge in [-0.1, -0.05) is 36.4 Å². The minimum atomic E-state index is -0.0931. The summed E-state index contributed by atoms with van der Waals surface area (Å²) < 4.78 is 0. The number of nitrogens with one attached hydrogen (secondary N) is 1. The lowest BCUT2D eigenvalue weighted by molar-refractivity contribution is -0.115. The molecule has 2 aromatic carbocycles. The van der Waals surface area contributed by atoms with Crippen LogP contribution < -0.4 is 5.32 Å². The molecule has 3 nitrogen and oxygen atoms in total. The van der Waals surface area contributed by atoms with E-state index in [1.54, 1.807) is 18.2 Å². The summed E-state index contributed by atoms with van der Waals surface area (Å²) in [5.41, 5.74) is 2.36. The summed E-state index contributed by atoms with van der Waals surface area (Å²) in [6.07, 6.45) is 0.329. The molecular formula is C15H15NO2. The van der Waals surface area contributed by atoms with Crippen LogP contribution in [0.25, 0.3) is 0 Å². The van der Waals surface area contributed by atoms with Crippen LogP contribution in [0, 0.1) is 6.92 Å².